The largest absolute Gasteiger partial charge is 0.503 e. The number of aromatic hydroxyl groups is 1. The number of pyridine rings is 1. The first kappa shape index (κ1) is 22.5. The molecule has 2 aromatic rings. The summed E-state index contributed by atoms with van der Waals surface area (Å²) in [5.41, 5.74) is -3.93. The van der Waals surface area contributed by atoms with Crippen molar-refractivity contribution in [2.45, 2.75) is 57.7 Å². The first-order chi connectivity index (χ1) is 15.1. The van der Waals surface area contributed by atoms with E-state index in [2.05, 4.69) is 5.32 Å². The monoisotopic (exact) mass is 462 g/mol. The molecule has 32 heavy (non-hydrogen) atoms. The molecule has 0 radical (unpaired) electrons. The molecule has 0 spiro atoms. The number of aromatic nitrogens is 1. The van der Waals surface area contributed by atoms with E-state index in [0.29, 0.717) is 12.8 Å². The Bertz CT molecular complexity index is 1180. The number of aliphatic hydroxyl groups is 1. The Morgan fingerprint density at radius 1 is 1.25 bits per heavy atom. The van der Waals surface area contributed by atoms with Crippen molar-refractivity contribution in [3.8, 4) is 5.75 Å². The van der Waals surface area contributed by atoms with Crippen molar-refractivity contribution in [1.29, 1.82) is 0 Å². The van der Waals surface area contributed by atoms with Crippen LogP contribution in [0.25, 0.3) is 0 Å². The lowest BCUT2D eigenvalue weighted by Crippen LogP contribution is -2.58. The fourth-order valence-electron chi connectivity index (χ4n) is 4.83. The third-order valence-electron chi connectivity index (χ3n) is 6.91. The molecule has 170 valence electrons. The average Bonchev–Trinajstić information content (AvgIpc) is 2.90. The molecule has 1 saturated carbocycles. The molecule has 2 atom stereocenters. The number of nitrogens with one attached hydrogen (secondary N) is 1. The molecule has 1 aromatic carbocycles. The van der Waals surface area contributed by atoms with Gasteiger partial charge in [0.2, 0.25) is 5.43 Å². The molecule has 1 aromatic heterocycles. The number of carbonyl (C=O) groups is 2. The number of benzene rings is 1. The van der Waals surface area contributed by atoms with Crippen LogP contribution >= 0.6 is 11.6 Å². The van der Waals surface area contributed by atoms with Crippen molar-refractivity contribution in [2.24, 2.45) is 5.41 Å². The molecule has 2 heterocycles. The Hall–Kier alpha value is -2.71. The fraction of sp³-hybridized carbons (Fsp3) is 0.435. The lowest BCUT2D eigenvalue weighted by Gasteiger charge is -2.47. The Labute approximate surface area is 188 Å². The molecule has 1 amide bonds. The third-order valence-corrected chi connectivity index (χ3v) is 7.21. The van der Waals surface area contributed by atoms with E-state index >= 15 is 0 Å². The number of Topliss-reactive ketones (excluding diaryl/α,β-unsaturated/α-hetero) is 1. The van der Waals surface area contributed by atoms with Gasteiger partial charge < -0.3 is 20.1 Å². The maximum atomic E-state index is 14.1. The summed E-state index contributed by atoms with van der Waals surface area (Å²) in [4.78, 5) is 38.8. The van der Waals surface area contributed by atoms with E-state index in [0.717, 1.165) is 19.3 Å². The van der Waals surface area contributed by atoms with Gasteiger partial charge in [0.15, 0.2) is 11.5 Å². The number of amides is 1. The second-order valence-corrected chi connectivity index (χ2v) is 9.25. The summed E-state index contributed by atoms with van der Waals surface area (Å²) in [5.74, 6) is -2.84. The van der Waals surface area contributed by atoms with Crippen molar-refractivity contribution in [3.05, 3.63) is 62.3 Å². The molecule has 9 heteroatoms. The highest BCUT2D eigenvalue weighted by Crippen LogP contribution is 2.49. The fourth-order valence-corrected chi connectivity index (χ4v) is 5.03. The van der Waals surface area contributed by atoms with Gasteiger partial charge >= 0.3 is 0 Å². The molecule has 4 rings (SSSR count). The van der Waals surface area contributed by atoms with Gasteiger partial charge in [0.25, 0.3) is 5.91 Å². The Morgan fingerprint density at radius 3 is 2.72 bits per heavy atom. The van der Waals surface area contributed by atoms with Gasteiger partial charge in [-0.2, -0.15) is 0 Å². The molecule has 1 fully saturated rings. The summed E-state index contributed by atoms with van der Waals surface area (Å²) in [6.07, 6.45) is 4.41. The molecular weight excluding hydrogens is 439 g/mol. The highest BCUT2D eigenvalue weighted by molar-refractivity contribution is 6.30. The zero-order valence-electron chi connectivity index (χ0n) is 17.6. The Balaban J connectivity index is 1.69. The minimum Gasteiger partial charge on any atom is -0.503 e. The Kier molecular flexibility index (Phi) is 5.63. The van der Waals surface area contributed by atoms with Crippen LogP contribution in [-0.2, 0) is 13.1 Å². The highest BCUT2D eigenvalue weighted by Gasteiger charge is 2.56. The van der Waals surface area contributed by atoms with Crippen LogP contribution in [0.15, 0.2) is 29.2 Å². The van der Waals surface area contributed by atoms with Crippen LogP contribution in [0.4, 0.5) is 4.39 Å². The van der Waals surface area contributed by atoms with E-state index in [4.69, 9.17) is 11.6 Å². The zero-order chi connectivity index (χ0) is 23.3. The van der Waals surface area contributed by atoms with Crippen LogP contribution in [0.3, 0.4) is 0 Å². The SMILES string of the molecule is C[C@]12CCCCC[C@@]1(O)Cn1cc(C(=O)NCc3cccc(Cl)c3F)c(=O)c(O)c1C2=O. The van der Waals surface area contributed by atoms with E-state index in [1.807, 2.05) is 0 Å². The van der Waals surface area contributed by atoms with Crippen LogP contribution in [0.5, 0.6) is 5.75 Å². The van der Waals surface area contributed by atoms with Gasteiger partial charge in [0.1, 0.15) is 17.1 Å². The first-order valence-corrected chi connectivity index (χ1v) is 10.9. The normalized spacial score (nSPS) is 24.9. The molecule has 1 aliphatic heterocycles. The lowest BCUT2D eigenvalue weighted by atomic mass is 9.64. The quantitative estimate of drug-likeness (QED) is 0.649. The van der Waals surface area contributed by atoms with Gasteiger partial charge in [0, 0.05) is 18.3 Å². The minimum atomic E-state index is -1.35. The molecule has 7 nitrogen and oxygen atoms in total. The van der Waals surface area contributed by atoms with Gasteiger partial charge in [-0.15, -0.1) is 0 Å². The van der Waals surface area contributed by atoms with Crippen molar-refractivity contribution in [2.75, 3.05) is 0 Å². The zero-order valence-corrected chi connectivity index (χ0v) is 18.3. The highest BCUT2D eigenvalue weighted by atomic mass is 35.5. The average molecular weight is 463 g/mol. The van der Waals surface area contributed by atoms with Crippen LogP contribution in [0.2, 0.25) is 5.02 Å². The molecular formula is C23H24ClFN2O5. The van der Waals surface area contributed by atoms with Crippen LogP contribution in [-0.4, -0.2) is 32.1 Å². The van der Waals surface area contributed by atoms with Gasteiger partial charge in [0.05, 0.1) is 22.6 Å². The molecule has 1 aliphatic carbocycles. The summed E-state index contributed by atoms with van der Waals surface area (Å²) in [7, 11) is 0. The van der Waals surface area contributed by atoms with Crippen molar-refractivity contribution < 1.29 is 24.2 Å². The topological polar surface area (TPSA) is 109 Å². The van der Waals surface area contributed by atoms with Crippen LogP contribution < -0.4 is 10.7 Å². The van der Waals surface area contributed by atoms with Gasteiger partial charge in [-0.05, 0) is 25.8 Å². The predicted octanol–water partition coefficient (Wildman–Crippen LogP) is 3.17. The number of ketones is 1. The second kappa shape index (κ2) is 8.01. The number of halogens is 2. The number of fused-ring (bicyclic) bond motifs is 2. The third kappa shape index (κ3) is 3.42. The maximum Gasteiger partial charge on any atom is 0.257 e. The number of nitrogens with zero attached hydrogens (tertiary/aromatic N) is 1. The van der Waals surface area contributed by atoms with Crippen LogP contribution in [0.1, 0.15) is 65.4 Å². The van der Waals surface area contributed by atoms with Crippen molar-refractivity contribution in [3.63, 3.8) is 0 Å². The molecule has 2 aliphatic rings. The number of rotatable bonds is 3. The van der Waals surface area contributed by atoms with E-state index in [-0.39, 0.29) is 29.4 Å². The van der Waals surface area contributed by atoms with Crippen molar-refractivity contribution >= 4 is 23.3 Å². The molecule has 0 bridgehead atoms. The summed E-state index contributed by atoms with van der Waals surface area (Å²) < 4.78 is 15.4. The minimum absolute atomic E-state index is 0.0262. The van der Waals surface area contributed by atoms with Gasteiger partial charge in [-0.1, -0.05) is 43.0 Å². The van der Waals surface area contributed by atoms with Gasteiger partial charge in [-0.3, -0.25) is 14.4 Å². The number of hydrogen-bond acceptors (Lipinski definition) is 5. The van der Waals surface area contributed by atoms with Gasteiger partial charge in [-0.25, -0.2) is 4.39 Å². The second-order valence-electron chi connectivity index (χ2n) is 8.85. The lowest BCUT2D eigenvalue weighted by molar-refractivity contribution is -0.0832. The van der Waals surface area contributed by atoms with E-state index in [1.165, 1.54) is 29.0 Å². The molecule has 0 unspecified atom stereocenters. The Morgan fingerprint density at radius 2 is 1.97 bits per heavy atom. The van der Waals surface area contributed by atoms with Crippen LogP contribution in [0, 0.1) is 11.2 Å². The smallest absolute Gasteiger partial charge is 0.257 e. The predicted molar refractivity (Wildman–Crippen MR) is 115 cm³/mol. The van der Waals surface area contributed by atoms with E-state index < -0.39 is 45.3 Å². The molecule has 0 saturated heterocycles. The summed E-state index contributed by atoms with van der Waals surface area (Å²) in [6, 6.07) is 4.35. The summed E-state index contributed by atoms with van der Waals surface area (Å²) >= 11 is 5.75. The molecule has 3 N–H and O–H groups in total. The van der Waals surface area contributed by atoms with E-state index in [1.54, 1.807) is 6.92 Å². The summed E-state index contributed by atoms with van der Waals surface area (Å²) in [6.45, 7) is 1.42. The summed E-state index contributed by atoms with van der Waals surface area (Å²) in [5, 5.41) is 24.3. The number of carbonyl (C=O) groups excluding carboxylic acids is 2. The number of hydrogen-bond donors (Lipinski definition) is 3. The van der Waals surface area contributed by atoms with Crippen molar-refractivity contribution in [1.82, 2.24) is 9.88 Å². The first-order valence-electron chi connectivity index (χ1n) is 10.5. The van der Waals surface area contributed by atoms with E-state index in [9.17, 15) is 29.0 Å². The standard InChI is InChI=1S/C23H24ClFN2O5/c1-22-8-3-2-4-9-23(22,32)12-27-11-14(18(28)19(29)17(27)20(22)30)21(31)26-10-13-6-5-7-15(24)16(13)25/h5-7,11,29,32H,2-4,8-10,12H2,1H3,(H,26,31)/t22-,23-/m1/s1. The maximum absolute atomic E-state index is 14.1.